The molecule has 0 aromatic carbocycles. The SMILES string of the molecule is N#CCCCCOC1CC(CN)C1. The second kappa shape index (κ2) is 5.95. The number of hydrogen-bond donors (Lipinski definition) is 1. The van der Waals surface area contributed by atoms with E-state index in [2.05, 4.69) is 6.07 Å². The molecule has 0 saturated heterocycles. The van der Waals surface area contributed by atoms with Crippen LogP contribution in [-0.4, -0.2) is 19.3 Å². The Morgan fingerprint density at radius 2 is 2.15 bits per heavy atom. The molecule has 0 unspecified atom stereocenters. The maximum atomic E-state index is 8.29. The van der Waals surface area contributed by atoms with Gasteiger partial charge in [-0.1, -0.05) is 0 Å². The minimum absolute atomic E-state index is 0.454. The molecule has 1 rings (SSSR count). The van der Waals surface area contributed by atoms with E-state index in [-0.39, 0.29) is 0 Å². The molecule has 13 heavy (non-hydrogen) atoms. The second-order valence-corrected chi connectivity index (χ2v) is 3.68. The van der Waals surface area contributed by atoms with Crippen LogP contribution in [-0.2, 0) is 4.74 Å². The first-order chi connectivity index (χ1) is 6.36. The maximum Gasteiger partial charge on any atom is 0.0621 e. The van der Waals surface area contributed by atoms with Crippen LogP contribution in [0.4, 0.5) is 0 Å². The fourth-order valence-electron chi connectivity index (χ4n) is 1.56. The van der Waals surface area contributed by atoms with Gasteiger partial charge in [0, 0.05) is 13.0 Å². The van der Waals surface area contributed by atoms with Gasteiger partial charge in [0.05, 0.1) is 12.2 Å². The molecule has 0 spiro atoms. The van der Waals surface area contributed by atoms with E-state index < -0.39 is 0 Å². The number of unbranched alkanes of at least 4 members (excludes halogenated alkanes) is 2. The summed E-state index contributed by atoms with van der Waals surface area (Å²) in [6.45, 7) is 1.61. The summed E-state index contributed by atoms with van der Waals surface area (Å²) in [5.74, 6) is 0.698. The average Bonchev–Trinajstić information content (AvgIpc) is 2.08. The van der Waals surface area contributed by atoms with Crippen LogP contribution in [0.2, 0.25) is 0 Å². The first kappa shape index (κ1) is 10.5. The van der Waals surface area contributed by atoms with Gasteiger partial charge in [-0.15, -0.1) is 0 Å². The van der Waals surface area contributed by atoms with E-state index in [1.807, 2.05) is 0 Å². The number of nitrogens with two attached hydrogens (primary N) is 1. The normalized spacial score (nSPS) is 26.5. The lowest BCUT2D eigenvalue weighted by molar-refractivity contribution is -0.0289. The van der Waals surface area contributed by atoms with Gasteiger partial charge >= 0.3 is 0 Å². The molecule has 0 heterocycles. The van der Waals surface area contributed by atoms with Crippen LogP contribution in [0, 0.1) is 17.2 Å². The lowest BCUT2D eigenvalue weighted by Crippen LogP contribution is -2.36. The summed E-state index contributed by atoms with van der Waals surface area (Å²) in [7, 11) is 0. The summed E-state index contributed by atoms with van der Waals surface area (Å²) in [6.07, 6.45) is 5.35. The summed E-state index contributed by atoms with van der Waals surface area (Å²) in [6, 6.07) is 2.13. The Kier molecular flexibility index (Phi) is 4.81. The van der Waals surface area contributed by atoms with Gasteiger partial charge in [-0.05, 0) is 38.1 Å². The standard InChI is InChI=1S/C10H18N2O/c11-4-2-1-3-5-13-10-6-9(7-10)8-12/h9-10H,1-3,5-8,12H2. The van der Waals surface area contributed by atoms with Gasteiger partial charge in [0.15, 0.2) is 0 Å². The highest BCUT2D eigenvalue weighted by atomic mass is 16.5. The maximum absolute atomic E-state index is 8.29. The van der Waals surface area contributed by atoms with Crippen molar-refractivity contribution in [3.8, 4) is 6.07 Å². The Balaban J connectivity index is 1.83. The Morgan fingerprint density at radius 3 is 2.77 bits per heavy atom. The number of rotatable bonds is 6. The van der Waals surface area contributed by atoms with E-state index in [0.29, 0.717) is 18.4 Å². The van der Waals surface area contributed by atoms with Gasteiger partial charge in [0.25, 0.3) is 0 Å². The van der Waals surface area contributed by atoms with Crippen molar-refractivity contribution in [2.45, 2.75) is 38.2 Å². The van der Waals surface area contributed by atoms with Crippen molar-refractivity contribution in [1.29, 1.82) is 5.26 Å². The zero-order chi connectivity index (χ0) is 9.52. The van der Waals surface area contributed by atoms with Gasteiger partial charge in [-0.3, -0.25) is 0 Å². The predicted octanol–water partition coefficient (Wildman–Crippen LogP) is 1.43. The molecule has 0 bridgehead atoms. The fraction of sp³-hybridized carbons (Fsp3) is 0.900. The van der Waals surface area contributed by atoms with Crippen molar-refractivity contribution in [3.05, 3.63) is 0 Å². The van der Waals surface area contributed by atoms with E-state index in [0.717, 1.165) is 38.8 Å². The van der Waals surface area contributed by atoms with E-state index in [4.69, 9.17) is 15.7 Å². The average molecular weight is 182 g/mol. The van der Waals surface area contributed by atoms with Crippen LogP contribution < -0.4 is 5.73 Å². The van der Waals surface area contributed by atoms with Crippen molar-refractivity contribution in [2.24, 2.45) is 11.7 Å². The molecule has 1 aliphatic carbocycles. The first-order valence-electron chi connectivity index (χ1n) is 5.05. The molecule has 0 aliphatic heterocycles. The van der Waals surface area contributed by atoms with Crippen molar-refractivity contribution in [3.63, 3.8) is 0 Å². The second-order valence-electron chi connectivity index (χ2n) is 3.68. The van der Waals surface area contributed by atoms with Gasteiger partial charge in [0.2, 0.25) is 0 Å². The molecule has 0 aromatic heterocycles. The summed E-state index contributed by atoms with van der Waals surface area (Å²) in [5.41, 5.74) is 5.50. The van der Waals surface area contributed by atoms with Gasteiger partial charge in [-0.2, -0.15) is 5.26 Å². The van der Waals surface area contributed by atoms with Crippen molar-refractivity contribution in [1.82, 2.24) is 0 Å². The molecule has 0 amide bonds. The lowest BCUT2D eigenvalue weighted by atomic mass is 9.82. The molecule has 1 saturated carbocycles. The van der Waals surface area contributed by atoms with Crippen LogP contribution in [0.3, 0.4) is 0 Å². The smallest absolute Gasteiger partial charge is 0.0621 e. The highest BCUT2D eigenvalue weighted by Gasteiger charge is 2.28. The fourth-order valence-corrected chi connectivity index (χ4v) is 1.56. The zero-order valence-electron chi connectivity index (χ0n) is 8.04. The Morgan fingerprint density at radius 1 is 1.38 bits per heavy atom. The molecule has 3 nitrogen and oxygen atoms in total. The number of ether oxygens (including phenoxy) is 1. The predicted molar refractivity (Wildman–Crippen MR) is 51.0 cm³/mol. The molecule has 0 aromatic rings. The Bertz CT molecular complexity index is 170. The Hall–Kier alpha value is -0.590. The van der Waals surface area contributed by atoms with Crippen LogP contribution >= 0.6 is 0 Å². The quantitative estimate of drug-likeness (QED) is 0.632. The molecule has 0 atom stereocenters. The van der Waals surface area contributed by atoms with Crippen molar-refractivity contribution >= 4 is 0 Å². The van der Waals surface area contributed by atoms with E-state index in [9.17, 15) is 0 Å². The summed E-state index contributed by atoms with van der Waals surface area (Å²) in [5, 5.41) is 8.29. The third kappa shape index (κ3) is 3.75. The first-order valence-corrected chi connectivity index (χ1v) is 5.05. The molecule has 1 aliphatic rings. The van der Waals surface area contributed by atoms with Crippen LogP contribution in [0.15, 0.2) is 0 Å². The number of nitriles is 1. The lowest BCUT2D eigenvalue weighted by Gasteiger charge is -2.34. The molecule has 74 valence electrons. The number of nitrogens with zero attached hydrogens (tertiary/aromatic N) is 1. The zero-order valence-corrected chi connectivity index (χ0v) is 8.04. The van der Waals surface area contributed by atoms with Crippen molar-refractivity contribution < 1.29 is 4.74 Å². The molecular formula is C10H18N2O. The van der Waals surface area contributed by atoms with Crippen molar-refractivity contribution in [2.75, 3.05) is 13.2 Å². The largest absolute Gasteiger partial charge is 0.378 e. The summed E-state index contributed by atoms with van der Waals surface area (Å²) < 4.78 is 5.59. The van der Waals surface area contributed by atoms with Gasteiger partial charge in [0.1, 0.15) is 0 Å². The van der Waals surface area contributed by atoms with Crippen LogP contribution in [0.1, 0.15) is 32.1 Å². The van der Waals surface area contributed by atoms with Crippen LogP contribution in [0.5, 0.6) is 0 Å². The highest BCUT2D eigenvalue weighted by Crippen LogP contribution is 2.28. The summed E-state index contributed by atoms with van der Waals surface area (Å²) in [4.78, 5) is 0. The molecule has 1 fully saturated rings. The van der Waals surface area contributed by atoms with E-state index in [1.165, 1.54) is 0 Å². The van der Waals surface area contributed by atoms with Crippen LogP contribution in [0.25, 0.3) is 0 Å². The molecule has 0 radical (unpaired) electrons. The third-order valence-electron chi connectivity index (χ3n) is 2.56. The molecular weight excluding hydrogens is 164 g/mol. The van der Waals surface area contributed by atoms with E-state index >= 15 is 0 Å². The minimum atomic E-state index is 0.454. The molecule has 3 heteroatoms. The van der Waals surface area contributed by atoms with E-state index in [1.54, 1.807) is 0 Å². The molecule has 2 N–H and O–H groups in total. The van der Waals surface area contributed by atoms with Gasteiger partial charge < -0.3 is 10.5 Å². The Labute approximate surface area is 79.9 Å². The topological polar surface area (TPSA) is 59.0 Å². The van der Waals surface area contributed by atoms with Gasteiger partial charge in [-0.25, -0.2) is 0 Å². The summed E-state index contributed by atoms with van der Waals surface area (Å²) >= 11 is 0. The number of hydrogen-bond acceptors (Lipinski definition) is 3. The highest BCUT2D eigenvalue weighted by molar-refractivity contribution is 4.80. The third-order valence-corrected chi connectivity index (χ3v) is 2.56. The monoisotopic (exact) mass is 182 g/mol. The minimum Gasteiger partial charge on any atom is -0.378 e.